The minimum absolute atomic E-state index is 0.234. The maximum Gasteiger partial charge on any atom is 0.409 e. The second kappa shape index (κ2) is 4.89. The first kappa shape index (κ1) is 11.5. The molecule has 88 valence electrons. The van der Waals surface area contributed by atoms with Crippen LogP contribution in [0.5, 0.6) is 5.75 Å². The highest BCUT2D eigenvalue weighted by molar-refractivity contribution is 5.68. The van der Waals surface area contributed by atoms with Gasteiger partial charge < -0.3 is 10.5 Å². The van der Waals surface area contributed by atoms with E-state index >= 15 is 0 Å². The largest absolute Gasteiger partial charge is 0.410 e. The third-order valence-electron chi connectivity index (χ3n) is 2.86. The van der Waals surface area contributed by atoms with Gasteiger partial charge in [0.15, 0.2) is 0 Å². The molecule has 1 aromatic carbocycles. The molecule has 2 rings (SSSR count). The van der Waals surface area contributed by atoms with Crippen LogP contribution in [0.2, 0.25) is 0 Å². The lowest BCUT2D eigenvalue weighted by Gasteiger charge is -2.12. The minimum Gasteiger partial charge on any atom is -0.410 e. The van der Waals surface area contributed by atoms with Gasteiger partial charge >= 0.3 is 6.09 Å². The SMILES string of the molecule is C#CCNC1CCc2ccc(OC(N)=O)cc21. The molecule has 4 heteroatoms. The van der Waals surface area contributed by atoms with Crippen molar-refractivity contribution in [2.75, 3.05) is 6.54 Å². The Bertz CT molecular complexity index is 477. The normalized spacial score (nSPS) is 17.2. The van der Waals surface area contributed by atoms with Crippen molar-refractivity contribution in [3.05, 3.63) is 29.3 Å². The van der Waals surface area contributed by atoms with Crippen molar-refractivity contribution in [1.29, 1.82) is 0 Å². The quantitative estimate of drug-likeness (QED) is 0.770. The van der Waals surface area contributed by atoms with Crippen LogP contribution in [0, 0.1) is 12.3 Å². The second-order valence-electron chi connectivity index (χ2n) is 3.96. The van der Waals surface area contributed by atoms with Crippen LogP contribution in [0.3, 0.4) is 0 Å². The zero-order chi connectivity index (χ0) is 12.3. The number of amides is 1. The molecule has 0 saturated carbocycles. The molecule has 0 fully saturated rings. The van der Waals surface area contributed by atoms with Gasteiger partial charge in [-0.15, -0.1) is 6.42 Å². The lowest BCUT2D eigenvalue weighted by atomic mass is 10.1. The van der Waals surface area contributed by atoms with Crippen LogP contribution < -0.4 is 15.8 Å². The number of carbonyl (C=O) groups excluding carboxylic acids is 1. The monoisotopic (exact) mass is 230 g/mol. The number of nitrogens with two attached hydrogens (primary N) is 1. The van der Waals surface area contributed by atoms with Crippen molar-refractivity contribution in [3.8, 4) is 18.1 Å². The molecule has 1 unspecified atom stereocenters. The molecule has 1 atom stereocenters. The number of ether oxygens (including phenoxy) is 1. The van der Waals surface area contributed by atoms with Gasteiger partial charge in [-0.3, -0.25) is 5.32 Å². The lowest BCUT2D eigenvalue weighted by molar-refractivity contribution is 0.211. The Kier molecular flexibility index (Phi) is 3.31. The van der Waals surface area contributed by atoms with E-state index in [4.69, 9.17) is 16.9 Å². The minimum atomic E-state index is -0.795. The van der Waals surface area contributed by atoms with Crippen LogP contribution in [0.15, 0.2) is 18.2 Å². The summed E-state index contributed by atoms with van der Waals surface area (Å²) in [5, 5.41) is 3.26. The average molecular weight is 230 g/mol. The summed E-state index contributed by atoms with van der Waals surface area (Å²) in [4.78, 5) is 10.7. The van der Waals surface area contributed by atoms with Crippen LogP contribution in [0.1, 0.15) is 23.6 Å². The first-order valence-electron chi connectivity index (χ1n) is 5.47. The Morgan fingerprint density at radius 1 is 1.65 bits per heavy atom. The molecule has 0 spiro atoms. The van der Waals surface area contributed by atoms with Gasteiger partial charge in [0, 0.05) is 6.04 Å². The van der Waals surface area contributed by atoms with Crippen molar-refractivity contribution >= 4 is 6.09 Å². The van der Waals surface area contributed by atoms with Crippen LogP contribution in [-0.2, 0) is 6.42 Å². The summed E-state index contributed by atoms with van der Waals surface area (Å²) in [6.07, 6.45) is 6.45. The van der Waals surface area contributed by atoms with Crippen LogP contribution in [0.4, 0.5) is 4.79 Å². The predicted molar refractivity (Wildman–Crippen MR) is 64.6 cm³/mol. The molecule has 0 aliphatic heterocycles. The van der Waals surface area contributed by atoms with E-state index < -0.39 is 6.09 Å². The second-order valence-corrected chi connectivity index (χ2v) is 3.96. The topological polar surface area (TPSA) is 64.3 Å². The predicted octanol–water partition coefficient (Wildman–Crippen LogP) is 1.35. The first-order valence-corrected chi connectivity index (χ1v) is 5.47. The summed E-state index contributed by atoms with van der Waals surface area (Å²) in [6.45, 7) is 0.533. The third kappa shape index (κ3) is 2.58. The summed E-state index contributed by atoms with van der Waals surface area (Å²) in [5.41, 5.74) is 7.38. The number of benzene rings is 1. The average Bonchev–Trinajstić information content (AvgIpc) is 2.68. The van der Waals surface area contributed by atoms with Crippen molar-refractivity contribution in [1.82, 2.24) is 5.32 Å². The van der Waals surface area contributed by atoms with Crippen molar-refractivity contribution < 1.29 is 9.53 Å². The molecule has 3 N–H and O–H groups in total. The first-order chi connectivity index (χ1) is 8.20. The third-order valence-corrected chi connectivity index (χ3v) is 2.86. The summed E-state index contributed by atoms with van der Waals surface area (Å²) in [7, 11) is 0. The number of primary amides is 1. The van der Waals surface area contributed by atoms with Crippen LogP contribution in [-0.4, -0.2) is 12.6 Å². The molecule has 1 aliphatic carbocycles. The van der Waals surface area contributed by atoms with Crippen LogP contribution >= 0.6 is 0 Å². The molecule has 0 bridgehead atoms. The summed E-state index contributed by atoms with van der Waals surface area (Å²) in [6, 6.07) is 5.80. The highest BCUT2D eigenvalue weighted by Crippen LogP contribution is 2.33. The Labute approximate surface area is 100 Å². The van der Waals surface area contributed by atoms with E-state index in [0.29, 0.717) is 12.3 Å². The number of carbonyl (C=O) groups is 1. The molecule has 0 aromatic heterocycles. The fourth-order valence-corrected chi connectivity index (χ4v) is 2.15. The number of nitrogens with one attached hydrogen (secondary N) is 1. The van der Waals surface area contributed by atoms with E-state index in [9.17, 15) is 4.79 Å². The molecule has 4 nitrogen and oxygen atoms in total. The maximum absolute atomic E-state index is 10.7. The van der Waals surface area contributed by atoms with Gasteiger partial charge in [0.05, 0.1) is 6.54 Å². The van der Waals surface area contributed by atoms with E-state index in [-0.39, 0.29) is 6.04 Å². The number of hydrogen-bond acceptors (Lipinski definition) is 3. The van der Waals surface area contributed by atoms with Crippen molar-refractivity contribution in [3.63, 3.8) is 0 Å². The summed E-state index contributed by atoms with van der Waals surface area (Å²) in [5.74, 6) is 3.03. The van der Waals surface area contributed by atoms with Gasteiger partial charge in [-0.1, -0.05) is 12.0 Å². The standard InChI is InChI=1S/C13H14N2O2/c1-2-7-15-12-6-4-9-3-5-10(8-11(9)12)17-13(14)16/h1,3,5,8,12,15H,4,6-7H2,(H2,14,16). The Hall–Kier alpha value is -1.99. The fourth-order valence-electron chi connectivity index (χ4n) is 2.15. The van der Waals surface area contributed by atoms with E-state index in [2.05, 4.69) is 11.2 Å². The van der Waals surface area contributed by atoms with Crippen molar-refractivity contribution in [2.45, 2.75) is 18.9 Å². The van der Waals surface area contributed by atoms with Crippen LogP contribution in [0.25, 0.3) is 0 Å². The highest BCUT2D eigenvalue weighted by atomic mass is 16.5. The number of rotatable bonds is 3. The molecule has 0 radical (unpaired) electrons. The zero-order valence-corrected chi connectivity index (χ0v) is 9.40. The zero-order valence-electron chi connectivity index (χ0n) is 9.40. The van der Waals surface area contributed by atoms with Gasteiger partial charge in [0.1, 0.15) is 5.75 Å². The van der Waals surface area contributed by atoms with E-state index in [1.165, 1.54) is 5.56 Å². The molecule has 17 heavy (non-hydrogen) atoms. The summed E-state index contributed by atoms with van der Waals surface area (Å²) < 4.78 is 4.86. The van der Waals surface area contributed by atoms with Gasteiger partial charge in [0.25, 0.3) is 0 Å². The van der Waals surface area contributed by atoms with Gasteiger partial charge in [-0.2, -0.15) is 0 Å². The fraction of sp³-hybridized carbons (Fsp3) is 0.308. The molecule has 1 aliphatic rings. The van der Waals surface area contributed by atoms with E-state index in [1.807, 2.05) is 12.1 Å². The number of terminal acetylenes is 1. The smallest absolute Gasteiger partial charge is 0.409 e. The van der Waals surface area contributed by atoms with Gasteiger partial charge in [-0.05, 0) is 36.1 Å². The highest BCUT2D eigenvalue weighted by Gasteiger charge is 2.22. The van der Waals surface area contributed by atoms with Gasteiger partial charge in [-0.25, -0.2) is 4.79 Å². The number of hydrogen-bond donors (Lipinski definition) is 2. The Balaban J connectivity index is 2.18. The van der Waals surface area contributed by atoms with E-state index in [0.717, 1.165) is 18.4 Å². The maximum atomic E-state index is 10.7. The lowest BCUT2D eigenvalue weighted by Crippen LogP contribution is -2.20. The van der Waals surface area contributed by atoms with Gasteiger partial charge in [0.2, 0.25) is 0 Å². The molecule has 0 saturated heterocycles. The Morgan fingerprint density at radius 3 is 3.18 bits per heavy atom. The molecule has 0 heterocycles. The number of fused-ring (bicyclic) bond motifs is 1. The summed E-state index contributed by atoms with van der Waals surface area (Å²) >= 11 is 0. The molecular formula is C13H14N2O2. The molecule has 1 amide bonds. The van der Waals surface area contributed by atoms with Crippen molar-refractivity contribution in [2.24, 2.45) is 5.73 Å². The Morgan fingerprint density at radius 2 is 2.47 bits per heavy atom. The molecule has 1 aromatic rings. The number of aryl methyl sites for hydroxylation is 1. The molecular weight excluding hydrogens is 216 g/mol. The van der Waals surface area contributed by atoms with E-state index in [1.54, 1.807) is 6.07 Å².